The molecular weight excluding hydrogens is 318 g/mol. The number of benzene rings is 2. The van der Waals surface area contributed by atoms with Crippen molar-refractivity contribution < 1.29 is 19.0 Å². The molecule has 1 amide bonds. The first kappa shape index (κ1) is 18.6. The van der Waals surface area contributed by atoms with Crippen molar-refractivity contribution in [1.29, 1.82) is 0 Å². The molecule has 0 heterocycles. The van der Waals surface area contributed by atoms with Crippen LogP contribution in [-0.2, 0) is 17.8 Å². The molecule has 2 aromatic rings. The van der Waals surface area contributed by atoms with Crippen molar-refractivity contribution in [3.63, 3.8) is 0 Å². The summed E-state index contributed by atoms with van der Waals surface area (Å²) in [6, 6.07) is 13.1. The number of carbonyl (C=O) groups is 1. The Kier molecular flexibility index (Phi) is 6.69. The lowest BCUT2D eigenvalue weighted by atomic mass is 10.1. The highest BCUT2D eigenvalue weighted by atomic mass is 16.5. The lowest BCUT2D eigenvalue weighted by Gasteiger charge is -2.12. The minimum Gasteiger partial charge on any atom is -0.497 e. The lowest BCUT2D eigenvalue weighted by molar-refractivity contribution is -0.120. The van der Waals surface area contributed by atoms with Crippen LogP contribution in [0, 0.1) is 0 Å². The van der Waals surface area contributed by atoms with Gasteiger partial charge in [-0.1, -0.05) is 12.1 Å². The van der Waals surface area contributed by atoms with Crippen LogP contribution < -0.4 is 19.5 Å². The first-order valence-corrected chi connectivity index (χ1v) is 8.25. The molecule has 0 radical (unpaired) electrons. The molecule has 2 aromatic carbocycles. The summed E-state index contributed by atoms with van der Waals surface area (Å²) in [5.41, 5.74) is 1.81. The summed E-state index contributed by atoms with van der Waals surface area (Å²) < 4.78 is 16.1. The third kappa shape index (κ3) is 5.71. The quantitative estimate of drug-likeness (QED) is 0.799. The molecule has 0 bridgehead atoms. The number of carbonyl (C=O) groups excluding carboxylic acids is 1. The Morgan fingerprint density at radius 2 is 1.68 bits per heavy atom. The Morgan fingerprint density at radius 1 is 1.00 bits per heavy atom. The summed E-state index contributed by atoms with van der Waals surface area (Å²) in [5, 5.41) is 2.92. The van der Waals surface area contributed by atoms with E-state index in [1.54, 1.807) is 26.4 Å². The Morgan fingerprint density at radius 3 is 2.28 bits per heavy atom. The fraction of sp³-hybridized carbons (Fsp3) is 0.350. The number of nitrogens with one attached hydrogen (secondary N) is 1. The van der Waals surface area contributed by atoms with E-state index in [1.165, 1.54) is 0 Å². The summed E-state index contributed by atoms with van der Waals surface area (Å²) in [4.78, 5) is 12.2. The van der Waals surface area contributed by atoms with E-state index in [9.17, 15) is 4.79 Å². The molecule has 0 saturated heterocycles. The molecule has 0 aliphatic carbocycles. The number of hydrogen-bond donors (Lipinski definition) is 1. The zero-order chi connectivity index (χ0) is 18.2. The van der Waals surface area contributed by atoms with E-state index in [4.69, 9.17) is 14.2 Å². The van der Waals surface area contributed by atoms with Gasteiger partial charge in [0.1, 0.15) is 17.2 Å². The second-order valence-electron chi connectivity index (χ2n) is 5.94. The molecule has 0 saturated carbocycles. The summed E-state index contributed by atoms with van der Waals surface area (Å²) in [5.74, 6) is 2.12. The summed E-state index contributed by atoms with van der Waals surface area (Å²) in [6.07, 6.45) is 0.373. The molecule has 0 fully saturated rings. The van der Waals surface area contributed by atoms with E-state index in [1.807, 2.05) is 44.2 Å². The van der Waals surface area contributed by atoms with Crippen molar-refractivity contribution in [2.75, 3.05) is 14.2 Å². The average Bonchev–Trinajstić information content (AvgIpc) is 2.60. The van der Waals surface area contributed by atoms with E-state index in [0.29, 0.717) is 18.0 Å². The Balaban J connectivity index is 1.92. The maximum atomic E-state index is 12.2. The molecule has 5 heteroatoms. The zero-order valence-electron chi connectivity index (χ0n) is 15.2. The molecule has 5 nitrogen and oxygen atoms in total. The van der Waals surface area contributed by atoms with Crippen molar-refractivity contribution in [3.8, 4) is 17.2 Å². The Labute approximate surface area is 148 Å². The van der Waals surface area contributed by atoms with Gasteiger partial charge in [-0.3, -0.25) is 4.79 Å². The largest absolute Gasteiger partial charge is 0.497 e. The van der Waals surface area contributed by atoms with Crippen LogP contribution in [0.4, 0.5) is 0 Å². The standard InChI is InChI=1S/C20H25NO4/c1-14(2)25-17-7-5-15(6-8-17)13-21-20(22)12-16-11-18(23-3)9-10-19(16)24-4/h5-11,14H,12-13H2,1-4H3,(H,21,22). The van der Waals surface area contributed by atoms with Gasteiger partial charge in [0, 0.05) is 12.1 Å². The van der Waals surface area contributed by atoms with Gasteiger partial charge in [0.15, 0.2) is 0 Å². The molecule has 1 N–H and O–H groups in total. The Bertz CT molecular complexity index is 695. The van der Waals surface area contributed by atoms with Crippen molar-refractivity contribution in [2.45, 2.75) is 32.9 Å². The average molecular weight is 343 g/mol. The summed E-state index contributed by atoms with van der Waals surface area (Å²) in [6.45, 7) is 4.44. The van der Waals surface area contributed by atoms with E-state index >= 15 is 0 Å². The number of amides is 1. The minimum absolute atomic E-state index is 0.0749. The van der Waals surface area contributed by atoms with Crippen LogP contribution in [0.15, 0.2) is 42.5 Å². The third-order valence-corrected chi connectivity index (χ3v) is 3.62. The first-order valence-electron chi connectivity index (χ1n) is 8.25. The fourth-order valence-corrected chi connectivity index (χ4v) is 2.41. The predicted octanol–water partition coefficient (Wildman–Crippen LogP) is 3.35. The van der Waals surface area contributed by atoms with Gasteiger partial charge < -0.3 is 19.5 Å². The third-order valence-electron chi connectivity index (χ3n) is 3.62. The van der Waals surface area contributed by atoms with Gasteiger partial charge in [0.2, 0.25) is 5.91 Å². The maximum Gasteiger partial charge on any atom is 0.224 e. The second kappa shape index (κ2) is 8.97. The number of hydrogen-bond acceptors (Lipinski definition) is 4. The highest BCUT2D eigenvalue weighted by Gasteiger charge is 2.10. The molecule has 2 rings (SSSR count). The SMILES string of the molecule is COc1ccc(OC)c(CC(=O)NCc2ccc(OC(C)C)cc2)c1. The monoisotopic (exact) mass is 343 g/mol. The summed E-state index contributed by atoms with van der Waals surface area (Å²) in [7, 11) is 3.18. The van der Waals surface area contributed by atoms with Crippen molar-refractivity contribution in [2.24, 2.45) is 0 Å². The van der Waals surface area contributed by atoms with E-state index < -0.39 is 0 Å². The molecule has 0 aliphatic heterocycles. The predicted molar refractivity (Wildman–Crippen MR) is 97.3 cm³/mol. The van der Waals surface area contributed by atoms with Gasteiger partial charge in [-0.2, -0.15) is 0 Å². The van der Waals surface area contributed by atoms with Gasteiger partial charge in [-0.15, -0.1) is 0 Å². The molecule has 0 spiro atoms. The van der Waals surface area contributed by atoms with Gasteiger partial charge >= 0.3 is 0 Å². The van der Waals surface area contributed by atoms with Crippen LogP contribution >= 0.6 is 0 Å². The van der Waals surface area contributed by atoms with Crippen LogP contribution in [-0.4, -0.2) is 26.2 Å². The van der Waals surface area contributed by atoms with Crippen LogP contribution in [0.25, 0.3) is 0 Å². The van der Waals surface area contributed by atoms with Gasteiger partial charge in [-0.05, 0) is 49.7 Å². The van der Waals surface area contributed by atoms with Crippen molar-refractivity contribution >= 4 is 5.91 Å². The molecule has 0 aliphatic rings. The van der Waals surface area contributed by atoms with Crippen molar-refractivity contribution in [3.05, 3.63) is 53.6 Å². The van der Waals surface area contributed by atoms with E-state index in [-0.39, 0.29) is 18.4 Å². The van der Waals surface area contributed by atoms with Crippen LogP contribution in [0.1, 0.15) is 25.0 Å². The van der Waals surface area contributed by atoms with Crippen LogP contribution in [0.5, 0.6) is 17.2 Å². The molecular formula is C20H25NO4. The fourth-order valence-electron chi connectivity index (χ4n) is 2.41. The minimum atomic E-state index is -0.0749. The van der Waals surface area contributed by atoms with Crippen LogP contribution in [0.3, 0.4) is 0 Å². The normalized spacial score (nSPS) is 10.4. The van der Waals surface area contributed by atoms with Crippen molar-refractivity contribution in [1.82, 2.24) is 5.32 Å². The first-order chi connectivity index (χ1) is 12.0. The maximum absolute atomic E-state index is 12.2. The Hall–Kier alpha value is -2.69. The van der Waals surface area contributed by atoms with Crippen LogP contribution in [0.2, 0.25) is 0 Å². The zero-order valence-corrected chi connectivity index (χ0v) is 15.2. The summed E-state index contributed by atoms with van der Waals surface area (Å²) >= 11 is 0. The molecule has 0 unspecified atom stereocenters. The van der Waals surface area contributed by atoms with Gasteiger partial charge in [0.25, 0.3) is 0 Å². The molecule has 0 atom stereocenters. The topological polar surface area (TPSA) is 56.8 Å². The van der Waals surface area contributed by atoms with E-state index in [0.717, 1.165) is 16.9 Å². The van der Waals surface area contributed by atoms with Gasteiger partial charge in [0.05, 0.1) is 26.7 Å². The number of methoxy groups -OCH3 is 2. The number of rotatable bonds is 8. The highest BCUT2D eigenvalue weighted by Crippen LogP contribution is 2.24. The van der Waals surface area contributed by atoms with E-state index in [2.05, 4.69) is 5.32 Å². The molecule has 134 valence electrons. The smallest absolute Gasteiger partial charge is 0.224 e. The molecule has 0 aromatic heterocycles. The highest BCUT2D eigenvalue weighted by molar-refractivity contribution is 5.79. The van der Waals surface area contributed by atoms with Gasteiger partial charge in [-0.25, -0.2) is 0 Å². The number of ether oxygens (including phenoxy) is 3. The second-order valence-corrected chi connectivity index (χ2v) is 5.94. The molecule has 25 heavy (non-hydrogen) atoms. The lowest BCUT2D eigenvalue weighted by Crippen LogP contribution is -2.24.